The molecule has 0 saturated carbocycles. The lowest BCUT2D eigenvalue weighted by Gasteiger charge is -2.42. The molecule has 0 amide bonds. The van der Waals surface area contributed by atoms with Gasteiger partial charge < -0.3 is 24.2 Å². The van der Waals surface area contributed by atoms with Crippen LogP contribution in [0.3, 0.4) is 0 Å². The summed E-state index contributed by atoms with van der Waals surface area (Å²) in [6, 6.07) is 12.1. The molecular formula is C27H30F4N4O2. The molecule has 3 aliphatic rings. The molecule has 0 radical (unpaired) electrons. The molecule has 1 unspecified atom stereocenters. The van der Waals surface area contributed by atoms with E-state index in [1.54, 1.807) is 4.90 Å². The Morgan fingerprint density at radius 1 is 0.892 bits per heavy atom. The van der Waals surface area contributed by atoms with Crippen molar-refractivity contribution in [2.24, 2.45) is 5.92 Å². The Morgan fingerprint density at radius 2 is 1.54 bits per heavy atom. The maximum Gasteiger partial charge on any atom is 0.420 e. The quantitative estimate of drug-likeness (QED) is 0.530. The number of anilines is 3. The van der Waals surface area contributed by atoms with Crippen LogP contribution in [0.2, 0.25) is 0 Å². The highest BCUT2D eigenvalue weighted by Gasteiger charge is 2.39. The van der Waals surface area contributed by atoms with Crippen LogP contribution in [0.15, 0.2) is 36.4 Å². The van der Waals surface area contributed by atoms with Crippen molar-refractivity contribution in [3.05, 3.63) is 53.3 Å². The van der Waals surface area contributed by atoms with E-state index in [-0.39, 0.29) is 18.0 Å². The topological polar surface area (TPSA) is 52.0 Å². The van der Waals surface area contributed by atoms with Gasteiger partial charge in [0.15, 0.2) is 12.1 Å². The fourth-order valence-electron chi connectivity index (χ4n) is 5.67. The standard InChI is InChI=1S/C27H30F4N4O2/c1-18-17-34(23-7-2-20(16-32)24(25(23)28)27(29,30)31)12-13-35(18)22-5-3-21(4-6-22)33-10-8-19(9-11-33)26-36-14-15-37-26/h2-7,18-19,26H,8-15,17H2,1H3. The average molecular weight is 519 g/mol. The van der Waals surface area contributed by atoms with Gasteiger partial charge in [-0.25, -0.2) is 4.39 Å². The SMILES string of the molecule is CC1CN(c2ccc(C#N)c(C(F)(F)F)c2F)CCN1c1ccc(N2CCC(C3OCCO3)CC2)cc1. The van der Waals surface area contributed by atoms with Crippen LogP contribution in [0, 0.1) is 23.1 Å². The minimum absolute atomic E-state index is 0.0499. The van der Waals surface area contributed by atoms with Crippen LogP contribution in [0.4, 0.5) is 34.6 Å². The summed E-state index contributed by atoms with van der Waals surface area (Å²) in [5.41, 5.74) is -0.142. The van der Waals surface area contributed by atoms with E-state index in [0.29, 0.717) is 38.8 Å². The van der Waals surface area contributed by atoms with Crippen LogP contribution in [0.5, 0.6) is 0 Å². The molecular weight excluding hydrogens is 488 g/mol. The first-order valence-electron chi connectivity index (χ1n) is 12.7. The minimum atomic E-state index is -4.94. The molecule has 3 saturated heterocycles. The van der Waals surface area contributed by atoms with E-state index in [0.717, 1.165) is 43.4 Å². The lowest BCUT2D eigenvalue weighted by molar-refractivity contribution is -0.140. The lowest BCUT2D eigenvalue weighted by Crippen LogP contribution is -2.52. The fraction of sp³-hybridized carbons (Fsp3) is 0.519. The second-order valence-corrected chi connectivity index (χ2v) is 9.87. The molecule has 3 heterocycles. The largest absolute Gasteiger partial charge is 0.420 e. The number of alkyl halides is 3. The summed E-state index contributed by atoms with van der Waals surface area (Å²) >= 11 is 0. The monoisotopic (exact) mass is 518 g/mol. The highest BCUT2D eigenvalue weighted by molar-refractivity contribution is 5.60. The number of piperazine rings is 1. The van der Waals surface area contributed by atoms with Crippen LogP contribution in [-0.4, -0.2) is 58.3 Å². The van der Waals surface area contributed by atoms with E-state index in [1.165, 1.54) is 12.1 Å². The molecule has 3 fully saturated rings. The number of rotatable bonds is 4. The summed E-state index contributed by atoms with van der Waals surface area (Å²) < 4.78 is 66.6. The summed E-state index contributed by atoms with van der Waals surface area (Å²) in [5.74, 6) is -0.949. The van der Waals surface area contributed by atoms with Gasteiger partial charge in [0.25, 0.3) is 0 Å². The summed E-state index contributed by atoms with van der Waals surface area (Å²) in [7, 11) is 0. The first-order valence-corrected chi connectivity index (χ1v) is 12.7. The Labute approximate surface area is 214 Å². The Hall–Kier alpha value is -3.03. The van der Waals surface area contributed by atoms with Crippen LogP contribution in [-0.2, 0) is 15.7 Å². The van der Waals surface area contributed by atoms with Crippen molar-refractivity contribution in [2.75, 3.05) is 60.6 Å². The van der Waals surface area contributed by atoms with Gasteiger partial charge in [0.1, 0.15) is 5.56 Å². The number of nitrogens with zero attached hydrogens (tertiary/aromatic N) is 4. The number of halogens is 4. The van der Waals surface area contributed by atoms with Crippen molar-refractivity contribution in [2.45, 2.75) is 38.3 Å². The zero-order valence-corrected chi connectivity index (χ0v) is 20.7. The maximum atomic E-state index is 14.9. The minimum Gasteiger partial charge on any atom is -0.372 e. The molecule has 0 aliphatic carbocycles. The molecule has 2 aromatic carbocycles. The second-order valence-electron chi connectivity index (χ2n) is 9.87. The van der Waals surface area contributed by atoms with Gasteiger partial charge >= 0.3 is 6.18 Å². The Kier molecular flexibility index (Phi) is 7.19. The van der Waals surface area contributed by atoms with Gasteiger partial charge in [-0.3, -0.25) is 0 Å². The van der Waals surface area contributed by atoms with Crippen molar-refractivity contribution in [1.82, 2.24) is 0 Å². The van der Waals surface area contributed by atoms with Crippen molar-refractivity contribution in [3.8, 4) is 6.07 Å². The predicted molar refractivity (Wildman–Crippen MR) is 132 cm³/mol. The van der Waals surface area contributed by atoms with Crippen molar-refractivity contribution in [1.29, 1.82) is 5.26 Å². The van der Waals surface area contributed by atoms with E-state index in [9.17, 15) is 17.6 Å². The number of ether oxygens (including phenoxy) is 2. The van der Waals surface area contributed by atoms with Gasteiger partial charge in [-0.05, 0) is 56.2 Å². The first-order chi connectivity index (χ1) is 17.8. The average Bonchev–Trinajstić information content (AvgIpc) is 3.43. The zero-order valence-electron chi connectivity index (χ0n) is 20.7. The zero-order chi connectivity index (χ0) is 26.2. The molecule has 198 valence electrons. The first kappa shape index (κ1) is 25.6. The highest BCUT2D eigenvalue weighted by Crippen LogP contribution is 2.38. The third-order valence-electron chi connectivity index (χ3n) is 7.61. The molecule has 37 heavy (non-hydrogen) atoms. The van der Waals surface area contributed by atoms with E-state index in [4.69, 9.17) is 14.7 Å². The molecule has 0 bridgehead atoms. The summed E-state index contributed by atoms with van der Waals surface area (Å²) in [6.45, 7) is 6.48. The van der Waals surface area contributed by atoms with Crippen LogP contribution < -0.4 is 14.7 Å². The molecule has 2 aromatic rings. The molecule has 5 rings (SSSR count). The highest BCUT2D eigenvalue weighted by atomic mass is 19.4. The van der Waals surface area contributed by atoms with Gasteiger partial charge in [-0.2, -0.15) is 18.4 Å². The normalized spacial score (nSPS) is 21.9. The molecule has 6 nitrogen and oxygen atoms in total. The van der Waals surface area contributed by atoms with Gasteiger partial charge in [-0.1, -0.05) is 0 Å². The van der Waals surface area contributed by atoms with Crippen LogP contribution in [0.25, 0.3) is 0 Å². The number of nitriles is 1. The smallest absolute Gasteiger partial charge is 0.372 e. The Morgan fingerprint density at radius 3 is 2.14 bits per heavy atom. The summed E-state index contributed by atoms with van der Waals surface area (Å²) in [6.07, 6.45) is -2.96. The number of piperidine rings is 1. The van der Waals surface area contributed by atoms with E-state index in [2.05, 4.69) is 34.1 Å². The molecule has 1 atom stereocenters. The number of hydrogen-bond acceptors (Lipinski definition) is 6. The van der Waals surface area contributed by atoms with E-state index in [1.807, 2.05) is 6.92 Å². The fourth-order valence-corrected chi connectivity index (χ4v) is 5.67. The summed E-state index contributed by atoms with van der Waals surface area (Å²) in [4.78, 5) is 6.18. The van der Waals surface area contributed by atoms with Crippen LogP contribution >= 0.6 is 0 Å². The van der Waals surface area contributed by atoms with Gasteiger partial charge in [0.2, 0.25) is 0 Å². The van der Waals surface area contributed by atoms with Gasteiger partial charge in [0, 0.05) is 56.1 Å². The second kappa shape index (κ2) is 10.4. The van der Waals surface area contributed by atoms with Crippen molar-refractivity contribution < 1.29 is 27.0 Å². The van der Waals surface area contributed by atoms with Crippen molar-refractivity contribution in [3.63, 3.8) is 0 Å². The predicted octanol–water partition coefficient (Wildman–Crippen LogP) is 5.02. The maximum absolute atomic E-state index is 14.9. The van der Waals surface area contributed by atoms with E-state index >= 15 is 0 Å². The molecule has 0 aromatic heterocycles. The van der Waals surface area contributed by atoms with Crippen LogP contribution in [0.1, 0.15) is 30.9 Å². The third kappa shape index (κ3) is 5.20. The number of benzene rings is 2. The molecule has 3 aliphatic heterocycles. The Bertz CT molecular complexity index is 1140. The molecule has 0 spiro atoms. The lowest BCUT2D eigenvalue weighted by atomic mass is 9.95. The Balaban J connectivity index is 1.23. The number of hydrogen-bond donors (Lipinski definition) is 0. The molecule has 10 heteroatoms. The third-order valence-corrected chi connectivity index (χ3v) is 7.61. The van der Waals surface area contributed by atoms with Gasteiger partial charge in [-0.15, -0.1) is 0 Å². The summed E-state index contributed by atoms with van der Waals surface area (Å²) in [5, 5.41) is 9.02. The van der Waals surface area contributed by atoms with Gasteiger partial charge in [0.05, 0.1) is 30.5 Å². The van der Waals surface area contributed by atoms with E-state index < -0.39 is 23.1 Å². The van der Waals surface area contributed by atoms with Crippen molar-refractivity contribution >= 4 is 17.1 Å². The molecule has 0 N–H and O–H groups in total.